The van der Waals surface area contributed by atoms with Gasteiger partial charge in [-0.15, -0.1) is 0 Å². The number of benzene rings is 1. The summed E-state index contributed by atoms with van der Waals surface area (Å²) >= 11 is 0. The molecule has 106 valence electrons. The molecule has 1 rings (SSSR count). The van der Waals surface area contributed by atoms with Crippen molar-refractivity contribution in [3.05, 3.63) is 29.8 Å². The van der Waals surface area contributed by atoms with E-state index in [9.17, 15) is 0 Å². The molecule has 0 saturated carbocycles. The zero-order valence-electron chi connectivity index (χ0n) is 12.6. The van der Waals surface area contributed by atoms with Crippen molar-refractivity contribution in [3.8, 4) is 5.75 Å². The minimum Gasteiger partial charge on any atom is -0.492 e. The normalized spacial score (nSPS) is 12.2. The Kier molecular flexibility index (Phi) is 5.67. The highest BCUT2D eigenvalue weighted by atomic mass is 16.5. The first-order valence-electron chi connectivity index (χ1n) is 6.59. The number of guanidine groups is 1. The fourth-order valence-electron chi connectivity index (χ4n) is 1.58. The first-order valence-corrected chi connectivity index (χ1v) is 6.59. The van der Waals surface area contributed by atoms with Crippen LogP contribution in [0.5, 0.6) is 5.75 Å². The van der Waals surface area contributed by atoms with Gasteiger partial charge in [0.1, 0.15) is 12.4 Å². The molecule has 1 aromatic carbocycles. The Bertz CT molecular complexity index is 422. The standard InChI is InChI=1S/C15H25N3O/c1-12-7-6-8-13(11-12)19-10-9-17-14(16-5)18-15(2,3)4/h6-8,11H,9-10H2,1-5H3,(H2,16,17,18). The highest BCUT2D eigenvalue weighted by Gasteiger charge is 2.11. The lowest BCUT2D eigenvalue weighted by Crippen LogP contribution is -2.48. The van der Waals surface area contributed by atoms with Crippen LogP contribution >= 0.6 is 0 Å². The number of ether oxygens (including phenoxy) is 1. The molecule has 0 aliphatic carbocycles. The molecule has 0 aromatic heterocycles. The van der Waals surface area contributed by atoms with Crippen molar-refractivity contribution >= 4 is 5.96 Å². The van der Waals surface area contributed by atoms with E-state index < -0.39 is 0 Å². The molecule has 0 heterocycles. The van der Waals surface area contributed by atoms with Crippen LogP contribution in [0.3, 0.4) is 0 Å². The molecule has 0 aliphatic heterocycles. The van der Waals surface area contributed by atoms with E-state index in [2.05, 4.69) is 49.4 Å². The van der Waals surface area contributed by atoms with Gasteiger partial charge in [0.25, 0.3) is 0 Å². The molecule has 4 nitrogen and oxygen atoms in total. The average Bonchev–Trinajstić information content (AvgIpc) is 2.31. The highest BCUT2D eigenvalue weighted by Crippen LogP contribution is 2.11. The van der Waals surface area contributed by atoms with E-state index in [1.807, 2.05) is 18.2 Å². The Balaban J connectivity index is 2.30. The second-order valence-electron chi connectivity index (χ2n) is 5.54. The van der Waals surface area contributed by atoms with E-state index >= 15 is 0 Å². The molecule has 0 amide bonds. The second kappa shape index (κ2) is 7.02. The highest BCUT2D eigenvalue weighted by molar-refractivity contribution is 5.80. The molecule has 0 atom stereocenters. The van der Waals surface area contributed by atoms with Crippen LogP contribution in [0.1, 0.15) is 26.3 Å². The van der Waals surface area contributed by atoms with Crippen molar-refractivity contribution in [3.63, 3.8) is 0 Å². The summed E-state index contributed by atoms with van der Waals surface area (Å²) in [6, 6.07) is 8.05. The number of nitrogens with zero attached hydrogens (tertiary/aromatic N) is 1. The predicted molar refractivity (Wildman–Crippen MR) is 80.9 cm³/mol. The third kappa shape index (κ3) is 6.70. The molecule has 0 aliphatic rings. The van der Waals surface area contributed by atoms with Gasteiger partial charge in [-0.3, -0.25) is 4.99 Å². The molecule has 0 spiro atoms. The van der Waals surface area contributed by atoms with Gasteiger partial charge in [-0.2, -0.15) is 0 Å². The molecule has 0 bridgehead atoms. The van der Waals surface area contributed by atoms with Crippen LogP contribution < -0.4 is 15.4 Å². The van der Waals surface area contributed by atoms with Crippen molar-refractivity contribution in [2.24, 2.45) is 4.99 Å². The summed E-state index contributed by atoms with van der Waals surface area (Å²) in [7, 11) is 1.77. The first kappa shape index (κ1) is 15.3. The van der Waals surface area contributed by atoms with Gasteiger partial charge in [0, 0.05) is 12.6 Å². The van der Waals surface area contributed by atoms with Gasteiger partial charge < -0.3 is 15.4 Å². The SMILES string of the molecule is CN=C(NCCOc1cccc(C)c1)NC(C)(C)C. The molecule has 19 heavy (non-hydrogen) atoms. The number of hydrogen-bond acceptors (Lipinski definition) is 2. The summed E-state index contributed by atoms with van der Waals surface area (Å²) in [5.41, 5.74) is 1.20. The van der Waals surface area contributed by atoms with Crippen molar-refractivity contribution in [1.29, 1.82) is 0 Å². The van der Waals surface area contributed by atoms with Crippen molar-refractivity contribution in [1.82, 2.24) is 10.6 Å². The third-order valence-corrected chi connectivity index (χ3v) is 2.37. The molecule has 0 fully saturated rings. The largest absolute Gasteiger partial charge is 0.492 e. The maximum atomic E-state index is 5.67. The molecule has 0 unspecified atom stereocenters. The van der Waals surface area contributed by atoms with E-state index in [4.69, 9.17) is 4.74 Å². The second-order valence-corrected chi connectivity index (χ2v) is 5.54. The number of aliphatic imine (C=N–C) groups is 1. The zero-order valence-corrected chi connectivity index (χ0v) is 12.6. The molecule has 0 radical (unpaired) electrons. The van der Waals surface area contributed by atoms with Gasteiger partial charge >= 0.3 is 0 Å². The number of rotatable bonds is 4. The molecule has 2 N–H and O–H groups in total. The number of hydrogen-bond donors (Lipinski definition) is 2. The summed E-state index contributed by atoms with van der Waals surface area (Å²) in [6.45, 7) is 9.67. The smallest absolute Gasteiger partial charge is 0.191 e. The van der Waals surface area contributed by atoms with Gasteiger partial charge in [-0.25, -0.2) is 0 Å². The molecule has 4 heteroatoms. The Morgan fingerprint density at radius 1 is 1.32 bits per heavy atom. The van der Waals surface area contributed by atoms with Crippen molar-refractivity contribution in [2.45, 2.75) is 33.2 Å². The van der Waals surface area contributed by atoms with E-state index in [0.717, 1.165) is 11.7 Å². The lowest BCUT2D eigenvalue weighted by Gasteiger charge is -2.23. The quantitative estimate of drug-likeness (QED) is 0.498. The number of aryl methyl sites for hydroxylation is 1. The van der Waals surface area contributed by atoms with Crippen LogP contribution in [0.2, 0.25) is 0 Å². The summed E-state index contributed by atoms with van der Waals surface area (Å²) in [4.78, 5) is 4.17. The lowest BCUT2D eigenvalue weighted by molar-refractivity contribution is 0.321. The van der Waals surface area contributed by atoms with Crippen LogP contribution in [0.25, 0.3) is 0 Å². The van der Waals surface area contributed by atoms with Gasteiger partial charge in [0.05, 0.1) is 6.54 Å². The minimum absolute atomic E-state index is 0.000751. The first-order chi connectivity index (χ1) is 8.90. The number of nitrogens with one attached hydrogen (secondary N) is 2. The zero-order chi connectivity index (χ0) is 14.3. The topological polar surface area (TPSA) is 45.7 Å². The molecule has 0 saturated heterocycles. The average molecular weight is 263 g/mol. The van der Waals surface area contributed by atoms with Crippen molar-refractivity contribution in [2.75, 3.05) is 20.2 Å². The van der Waals surface area contributed by atoms with E-state index in [-0.39, 0.29) is 5.54 Å². The predicted octanol–water partition coefficient (Wildman–Crippen LogP) is 2.34. The van der Waals surface area contributed by atoms with E-state index in [1.54, 1.807) is 7.05 Å². The van der Waals surface area contributed by atoms with Gasteiger partial charge in [-0.1, -0.05) is 12.1 Å². The third-order valence-electron chi connectivity index (χ3n) is 2.37. The maximum Gasteiger partial charge on any atom is 0.191 e. The van der Waals surface area contributed by atoms with E-state index in [0.29, 0.717) is 13.2 Å². The Morgan fingerprint density at radius 3 is 2.63 bits per heavy atom. The lowest BCUT2D eigenvalue weighted by atomic mass is 10.1. The van der Waals surface area contributed by atoms with Gasteiger partial charge in [-0.05, 0) is 45.4 Å². The monoisotopic (exact) mass is 263 g/mol. The maximum absolute atomic E-state index is 5.67. The summed E-state index contributed by atoms with van der Waals surface area (Å²) < 4.78 is 5.67. The van der Waals surface area contributed by atoms with Gasteiger partial charge in [0.2, 0.25) is 0 Å². The van der Waals surface area contributed by atoms with Crippen LogP contribution in [0.15, 0.2) is 29.3 Å². The van der Waals surface area contributed by atoms with Crippen LogP contribution in [0, 0.1) is 6.92 Å². The van der Waals surface area contributed by atoms with Crippen LogP contribution in [-0.4, -0.2) is 31.7 Å². The summed E-state index contributed by atoms with van der Waals surface area (Å²) in [5, 5.41) is 6.52. The molecule has 1 aromatic rings. The van der Waals surface area contributed by atoms with Gasteiger partial charge in [0.15, 0.2) is 5.96 Å². The fourth-order valence-corrected chi connectivity index (χ4v) is 1.58. The molecular formula is C15H25N3O. The summed E-state index contributed by atoms with van der Waals surface area (Å²) in [6.07, 6.45) is 0. The van der Waals surface area contributed by atoms with E-state index in [1.165, 1.54) is 5.56 Å². The molecular weight excluding hydrogens is 238 g/mol. The Labute approximate surface area is 116 Å². The van der Waals surface area contributed by atoms with Crippen LogP contribution in [0.4, 0.5) is 0 Å². The summed E-state index contributed by atoms with van der Waals surface area (Å²) in [5.74, 6) is 1.70. The Morgan fingerprint density at radius 2 is 2.05 bits per heavy atom. The van der Waals surface area contributed by atoms with Crippen LogP contribution in [-0.2, 0) is 0 Å². The minimum atomic E-state index is -0.000751. The fraction of sp³-hybridized carbons (Fsp3) is 0.533. The Hall–Kier alpha value is -1.71. The van der Waals surface area contributed by atoms with Crippen molar-refractivity contribution < 1.29 is 4.74 Å².